The summed E-state index contributed by atoms with van der Waals surface area (Å²) >= 11 is 3.15. The van der Waals surface area contributed by atoms with Gasteiger partial charge in [0.2, 0.25) is 0 Å². The summed E-state index contributed by atoms with van der Waals surface area (Å²) in [7, 11) is 0. The molecule has 0 aliphatic carbocycles. The average molecular weight is 243 g/mol. The molecule has 1 radical (unpaired) electrons. The Morgan fingerprint density at radius 3 is 2.81 bits per heavy atom. The highest BCUT2D eigenvalue weighted by molar-refractivity contribution is 7.09. The van der Waals surface area contributed by atoms with E-state index in [1.54, 1.807) is 28.9 Å². The molecule has 0 unspecified atom stereocenters. The Hall–Kier alpha value is -1.52. The lowest BCUT2D eigenvalue weighted by molar-refractivity contribution is 1.33. The SMILES string of the molecule is [c]1scc(-c2ccccn2)c1-c1cscn1. The fourth-order valence-electron chi connectivity index (χ4n) is 1.50. The fraction of sp³-hybridized carbons (Fsp3) is 0. The van der Waals surface area contributed by atoms with E-state index in [-0.39, 0.29) is 0 Å². The molecule has 4 heteroatoms. The second-order valence-corrected chi connectivity index (χ2v) is 4.61. The van der Waals surface area contributed by atoms with Gasteiger partial charge in [0, 0.05) is 28.1 Å². The van der Waals surface area contributed by atoms with Crippen molar-refractivity contribution in [3.05, 3.63) is 46.0 Å². The maximum Gasteiger partial charge on any atom is 0.0833 e. The zero-order valence-corrected chi connectivity index (χ0v) is 9.89. The number of rotatable bonds is 2. The Balaban J connectivity index is 2.14. The molecule has 2 nitrogen and oxygen atoms in total. The minimum Gasteiger partial charge on any atom is -0.256 e. The molecule has 3 rings (SSSR count). The number of pyridine rings is 1. The molecule has 0 atom stereocenters. The third-order valence-corrected chi connectivity index (χ3v) is 3.50. The smallest absolute Gasteiger partial charge is 0.0833 e. The molecule has 0 aliphatic rings. The van der Waals surface area contributed by atoms with E-state index in [4.69, 9.17) is 0 Å². The molecule has 0 bridgehead atoms. The molecule has 0 saturated heterocycles. The van der Waals surface area contributed by atoms with Crippen LogP contribution in [0, 0.1) is 5.38 Å². The third-order valence-electron chi connectivity index (χ3n) is 2.24. The van der Waals surface area contributed by atoms with Gasteiger partial charge in [0.05, 0.1) is 22.3 Å². The molecular formula is C12H7N2S2. The summed E-state index contributed by atoms with van der Waals surface area (Å²) in [5, 5.41) is 7.35. The first-order valence-electron chi connectivity index (χ1n) is 4.74. The van der Waals surface area contributed by atoms with Gasteiger partial charge in [-0.05, 0) is 12.1 Å². The first-order chi connectivity index (χ1) is 7.95. The predicted octanol–water partition coefficient (Wildman–Crippen LogP) is 3.73. The van der Waals surface area contributed by atoms with Crippen LogP contribution in [0.25, 0.3) is 22.5 Å². The van der Waals surface area contributed by atoms with Gasteiger partial charge in [0.1, 0.15) is 0 Å². The highest BCUT2D eigenvalue weighted by atomic mass is 32.1. The van der Waals surface area contributed by atoms with Crippen LogP contribution in [0.4, 0.5) is 0 Å². The predicted molar refractivity (Wildman–Crippen MR) is 67.5 cm³/mol. The highest BCUT2D eigenvalue weighted by Crippen LogP contribution is 2.33. The van der Waals surface area contributed by atoms with Gasteiger partial charge < -0.3 is 0 Å². The van der Waals surface area contributed by atoms with Crippen LogP contribution in [0.5, 0.6) is 0 Å². The van der Waals surface area contributed by atoms with Crippen LogP contribution in [0.1, 0.15) is 0 Å². The van der Waals surface area contributed by atoms with Crippen molar-refractivity contribution in [3.8, 4) is 22.5 Å². The molecule has 0 spiro atoms. The number of thiophene rings is 1. The summed E-state index contributed by atoms with van der Waals surface area (Å²) < 4.78 is 0. The quantitative estimate of drug-likeness (QED) is 0.685. The van der Waals surface area contributed by atoms with Crippen molar-refractivity contribution in [3.63, 3.8) is 0 Å². The maximum absolute atomic E-state index is 4.35. The first kappa shape index (κ1) is 9.69. The van der Waals surface area contributed by atoms with E-state index < -0.39 is 0 Å². The maximum atomic E-state index is 4.35. The molecule has 0 aliphatic heterocycles. The largest absolute Gasteiger partial charge is 0.256 e. The van der Waals surface area contributed by atoms with Gasteiger partial charge in [-0.1, -0.05) is 6.07 Å². The number of nitrogens with zero attached hydrogens (tertiary/aromatic N) is 2. The van der Waals surface area contributed by atoms with E-state index in [1.165, 1.54) is 0 Å². The van der Waals surface area contributed by atoms with Gasteiger partial charge in [-0.2, -0.15) is 0 Å². The molecule has 77 valence electrons. The molecule has 0 aromatic carbocycles. The van der Waals surface area contributed by atoms with Crippen molar-refractivity contribution in [2.75, 3.05) is 0 Å². The van der Waals surface area contributed by atoms with Crippen molar-refractivity contribution in [2.45, 2.75) is 0 Å². The monoisotopic (exact) mass is 243 g/mol. The summed E-state index contributed by atoms with van der Waals surface area (Å²) in [5.74, 6) is 0. The summed E-state index contributed by atoms with van der Waals surface area (Å²) in [6.07, 6.45) is 1.80. The van der Waals surface area contributed by atoms with Crippen molar-refractivity contribution < 1.29 is 0 Å². The Labute approximate surface area is 101 Å². The lowest BCUT2D eigenvalue weighted by atomic mass is 10.1. The molecule has 0 N–H and O–H groups in total. The summed E-state index contributed by atoms with van der Waals surface area (Å²) in [6.45, 7) is 0. The molecule has 16 heavy (non-hydrogen) atoms. The zero-order valence-electron chi connectivity index (χ0n) is 8.25. The van der Waals surface area contributed by atoms with E-state index in [0.29, 0.717) is 0 Å². The summed E-state index contributed by atoms with van der Waals surface area (Å²) in [5.41, 5.74) is 5.94. The van der Waals surface area contributed by atoms with Crippen LogP contribution in [0.3, 0.4) is 0 Å². The number of hydrogen-bond donors (Lipinski definition) is 0. The van der Waals surface area contributed by atoms with Crippen molar-refractivity contribution in [2.24, 2.45) is 0 Å². The first-order valence-corrected chi connectivity index (χ1v) is 6.56. The topological polar surface area (TPSA) is 25.8 Å². The normalized spacial score (nSPS) is 10.5. The molecular weight excluding hydrogens is 236 g/mol. The van der Waals surface area contributed by atoms with Crippen LogP contribution in [-0.2, 0) is 0 Å². The number of aromatic nitrogens is 2. The van der Waals surface area contributed by atoms with E-state index >= 15 is 0 Å². The second-order valence-electron chi connectivity index (χ2n) is 3.22. The number of thiazole rings is 1. The average Bonchev–Trinajstić information content (AvgIpc) is 3.01. The minimum atomic E-state index is 0.975. The van der Waals surface area contributed by atoms with E-state index in [1.807, 2.05) is 29.1 Å². The standard InChI is InChI=1S/C12H7N2S2/c1-2-4-13-11(3-1)9-5-15-6-10(9)12-7-16-8-14-12/h1-5,7-8H. The molecule has 0 amide bonds. The van der Waals surface area contributed by atoms with Gasteiger partial charge >= 0.3 is 0 Å². The van der Waals surface area contributed by atoms with Crippen molar-refractivity contribution in [1.29, 1.82) is 0 Å². The van der Waals surface area contributed by atoms with Crippen molar-refractivity contribution >= 4 is 22.7 Å². The van der Waals surface area contributed by atoms with Gasteiger partial charge in [-0.3, -0.25) is 4.98 Å². The van der Waals surface area contributed by atoms with Crippen LogP contribution in [0.2, 0.25) is 0 Å². The van der Waals surface area contributed by atoms with Gasteiger partial charge in [0.15, 0.2) is 0 Å². The second kappa shape index (κ2) is 4.15. The minimum absolute atomic E-state index is 0.975. The zero-order chi connectivity index (χ0) is 10.8. The molecule has 0 fully saturated rings. The fourth-order valence-corrected chi connectivity index (χ4v) is 2.79. The lowest BCUT2D eigenvalue weighted by Gasteiger charge is -1.99. The Morgan fingerprint density at radius 2 is 2.06 bits per heavy atom. The van der Waals surface area contributed by atoms with Crippen LogP contribution in [-0.4, -0.2) is 9.97 Å². The Kier molecular flexibility index (Phi) is 2.52. The van der Waals surface area contributed by atoms with Crippen LogP contribution < -0.4 is 0 Å². The van der Waals surface area contributed by atoms with Crippen LogP contribution in [0.15, 0.2) is 40.7 Å². The van der Waals surface area contributed by atoms with Gasteiger partial charge in [0.25, 0.3) is 0 Å². The van der Waals surface area contributed by atoms with E-state index in [0.717, 1.165) is 22.5 Å². The third kappa shape index (κ3) is 1.66. The molecule has 3 heterocycles. The van der Waals surface area contributed by atoms with E-state index in [2.05, 4.69) is 20.7 Å². The molecule has 3 aromatic rings. The summed E-state index contributed by atoms with van der Waals surface area (Å²) in [6, 6.07) is 5.92. The van der Waals surface area contributed by atoms with Crippen LogP contribution >= 0.6 is 22.7 Å². The number of hydrogen-bond acceptors (Lipinski definition) is 4. The molecule has 0 saturated carbocycles. The highest BCUT2D eigenvalue weighted by Gasteiger charge is 2.10. The van der Waals surface area contributed by atoms with Gasteiger partial charge in [-0.15, -0.1) is 22.7 Å². The van der Waals surface area contributed by atoms with Gasteiger partial charge in [-0.25, -0.2) is 4.98 Å². The lowest BCUT2D eigenvalue weighted by Crippen LogP contribution is -1.82. The Morgan fingerprint density at radius 1 is 1.06 bits per heavy atom. The summed E-state index contributed by atoms with van der Waals surface area (Å²) in [4.78, 5) is 8.67. The molecule has 3 aromatic heterocycles. The van der Waals surface area contributed by atoms with E-state index in [9.17, 15) is 0 Å². The van der Waals surface area contributed by atoms with Crippen molar-refractivity contribution in [1.82, 2.24) is 9.97 Å². The Bertz CT molecular complexity index is 570.